The molecule has 0 amide bonds. The zero-order valence-corrected chi connectivity index (χ0v) is 10.4. The predicted molar refractivity (Wildman–Crippen MR) is 63.9 cm³/mol. The van der Waals surface area contributed by atoms with Crippen LogP contribution in [-0.2, 0) is 4.74 Å². The van der Waals surface area contributed by atoms with Crippen molar-refractivity contribution >= 4 is 0 Å². The van der Waals surface area contributed by atoms with Crippen LogP contribution >= 0.6 is 0 Å². The molecule has 0 spiro atoms. The van der Waals surface area contributed by atoms with E-state index in [-0.39, 0.29) is 0 Å². The Morgan fingerprint density at radius 2 is 2.13 bits per heavy atom. The number of ether oxygens (including phenoxy) is 1. The lowest BCUT2D eigenvalue weighted by Gasteiger charge is -2.37. The molecule has 0 saturated carbocycles. The van der Waals surface area contributed by atoms with Crippen molar-refractivity contribution in [2.75, 3.05) is 19.7 Å². The van der Waals surface area contributed by atoms with Crippen molar-refractivity contribution in [1.82, 2.24) is 4.90 Å². The van der Waals surface area contributed by atoms with Gasteiger partial charge in [0, 0.05) is 25.2 Å². The number of morpholine rings is 1. The minimum absolute atomic E-state index is 0.375. The Kier molecular flexibility index (Phi) is 5.58. The second-order valence-electron chi connectivity index (χ2n) is 4.83. The van der Waals surface area contributed by atoms with E-state index in [0.29, 0.717) is 18.2 Å². The van der Waals surface area contributed by atoms with E-state index >= 15 is 0 Å². The minimum Gasteiger partial charge on any atom is -0.376 e. The van der Waals surface area contributed by atoms with Crippen LogP contribution in [-0.4, -0.2) is 42.8 Å². The van der Waals surface area contributed by atoms with Gasteiger partial charge in [-0.05, 0) is 26.7 Å². The SMILES string of the molecule is CCCC(N)CCN1CC(C)OCC1C. The third-order valence-corrected chi connectivity index (χ3v) is 3.18. The van der Waals surface area contributed by atoms with Gasteiger partial charge in [0.1, 0.15) is 0 Å². The fourth-order valence-electron chi connectivity index (χ4n) is 2.13. The minimum atomic E-state index is 0.375. The first-order chi connectivity index (χ1) is 7.13. The fraction of sp³-hybridized carbons (Fsp3) is 1.00. The number of nitrogens with two attached hydrogens (primary N) is 1. The largest absolute Gasteiger partial charge is 0.376 e. The van der Waals surface area contributed by atoms with Gasteiger partial charge in [-0.2, -0.15) is 0 Å². The summed E-state index contributed by atoms with van der Waals surface area (Å²) >= 11 is 0. The van der Waals surface area contributed by atoms with E-state index in [1.165, 1.54) is 6.42 Å². The van der Waals surface area contributed by atoms with Crippen molar-refractivity contribution in [3.63, 3.8) is 0 Å². The van der Waals surface area contributed by atoms with Crippen LogP contribution in [0.1, 0.15) is 40.0 Å². The average Bonchev–Trinajstić information content (AvgIpc) is 2.20. The quantitative estimate of drug-likeness (QED) is 0.755. The lowest BCUT2D eigenvalue weighted by molar-refractivity contribution is -0.0500. The zero-order chi connectivity index (χ0) is 11.3. The Labute approximate surface area is 94.0 Å². The number of hydrogen-bond donors (Lipinski definition) is 1. The van der Waals surface area contributed by atoms with Crippen LogP contribution in [0.3, 0.4) is 0 Å². The van der Waals surface area contributed by atoms with E-state index in [1.807, 2.05) is 0 Å². The lowest BCUT2D eigenvalue weighted by atomic mass is 10.1. The highest BCUT2D eigenvalue weighted by molar-refractivity contribution is 4.76. The van der Waals surface area contributed by atoms with Crippen molar-refractivity contribution in [1.29, 1.82) is 0 Å². The van der Waals surface area contributed by atoms with Crippen molar-refractivity contribution in [3.8, 4) is 0 Å². The van der Waals surface area contributed by atoms with Crippen LogP contribution in [0.25, 0.3) is 0 Å². The van der Waals surface area contributed by atoms with E-state index < -0.39 is 0 Å². The molecule has 1 aliphatic rings. The second-order valence-corrected chi connectivity index (χ2v) is 4.83. The summed E-state index contributed by atoms with van der Waals surface area (Å²) in [6.45, 7) is 9.61. The summed E-state index contributed by atoms with van der Waals surface area (Å²) in [6.07, 6.45) is 3.83. The Bertz CT molecular complexity index is 175. The molecule has 1 heterocycles. The third kappa shape index (κ3) is 4.49. The smallest absolute Gasteiger partial charge is 0.0674 e. The summed E-state index contributed by atoms with van der Waals surface area (Å²) in [4.78, 5) is 2.50. The van der Waals surface area contributed by atoms with Crippen LogP contribution < -0.4 is 5.73 Å². The summed E-state index contributed by atoms with van der Waals surface area (Å²) in [5, 5.41) is 0. The summed E-state index contributed by atoms with van der Waals surface area (Å²) in [5.74, 6) is 0. The van der Waals surface area contributed by atoms with Crippen molar-refractivity contribution in [2.24, 2.45) is 5.73 Å². The summed E-state index contributed by atoms with van der Waals surface area (Å²) in [7, 11) is 0. The third-order valence-electron chi connectivity index (χ3n) is 3.18. The van der Waals surface area contributed by atoms with Crippen molar-refractivity contribution in [3.05, 3.63) is 0 Å². The highest BCUT2D eigenvalue weighted by Crippen LogP contribution is 2.12. The molecule has 0 aliphatic carbocycles. The van der Waals surface area contributed by atoms with Crippen LogP contribution in [0.2, 0.25) is 0 Å². The summed E-state index contributed by atoms with van der Waals surface area (Å²) < 4.78 is 5.60. The van der Waals surface area contributed by atoms with E-state index in [9.17, 15) is 0 Å². The molecule has 0 aromatic heterocycles. The first-order valence-corrected chi connectivity index (χ1v) is 6.24. The first-order valence-electron chi connectivity index (χ1n) is 6.24. The molecule has 90 valence electrons. The highest BCUT2D eigenvalue weighted by Gasteiger charge is 2.23. The van der Waals surface area contributed by atoms with E-state index in [0.717, 1.165) is 32.5 Å². The summed E-state index contributed by atoms with van der Waals surface area (Å²) in [6, 6.07) is 0.926. The zero-order valence-electron chi connectivity index (χ0n) is 10.4. The average molecular weight is 214 g/mol. The van der Waals surface area contributed by atoms with Gasteiger partial charge in [-0.25, -0.2) is 0 Å². The molecule has 0 radical (unpaired) electrons. The molecule has 15 heavy (non-hydrogen) atoms. The van der Waals surface area contributed by atoms with Gasteiger partial charge in [-0.15, -0.1) is 0 Å². The second kappa shape index (κ2) is 6.46. The topological polar surface area (TPSA) is 38.5 Å². The van der Waals surface area contributed by atoms with Crippen LogP contribution in [0.4, 0.5) is 0 Å². The maximum Gasteiger partial charge on any atom is 0.0674 e. The monoisotopic (exact) mass is 214 g/mol. The molecule has 1 saturated heterocycles. The lowest BCUT2D eigenvalue weighted by Crippen LogP contribution is -2.48. The molecule has 0 bridgehead atoms. The Balaban J connectivity index is 2.23. The molecule has 3 unspecified atom stereocenters. The molecule has 1 aliphatic heterocycles. The molecular formula is C12H26N2O. The normalized spacial score (nSPS) is 30.4. The van der Waals surface area contributed by atoms with Crippen LogP contribution in [0.5, 0.6) is 0 Å². The number of rotatable bonds is 5. The van der Waals surface area contributed by atoms with Crippen LogP contribution in [0.15, 0.2) is 0 Å². The van der Waals surface area contributed by atoms with Crippen molar-refractivity contribution < 1.29 is 4.74 Å². The molecule has 1 fully saturated rings. The van der Waals surface area contributed by atoms with Gasteiger partial charge >= 0.3 is 0 Å². The Hall–Kier alpha value is -0.120. The molecular weight excluding hydrogens is 188 g/mol. The maximum absolute atomic E-state index is 6.02. The highest BCUT2D eigenvalue weighted by atomic mass is 16.5. The number of nitrogens with zero attached hydrogens (tertiary/aromatic N) is 1. The fourth-order valence-corrected chi connectivity index (χ4v) is 2.13. The Morgan fingerprint density at radius 1 is 1.40 bits per heavy atom. The molecule has 3 nitrogen and oxygen atoms in total. The molecule has 2 N–H and O–H groups in total. The van der Waals surface area contributed by atoms with Gasteiger partial charge in [0.2, 0.25) is 0 Å². The van der Waals surface area contributed by atoms with Gasteiger partial charge in [0.05, 0.1) is 12.7 Å². The van der Waals surface area contributed by atoms with Gasteiger partial charge < -0.3 is 10.5 Å². The standard InChI is InChI=1S/C12H26N2O/c1-4-5-12(13)6-7-14-8-11(3)15-9-10(14)2/h10-12H,4-9,13H2,1-3H3. The first kappa shape index (κ1) is 12.9. The van der Waals surface area contributed by atoms with Gasteiger partial charge in [-0.1, -0.05) is 13.3 Å². The van der Waals surface area contributed by atoms with Gasteiger partial charge in [-0.3, -0.25) is 4.90 Å². The van der Waals surface area contributed by atoms with Gasteiger partial charge in [0.25, 0.3) is 0 Å². The predicted octanol–water partition coefficient (Wildman–Crippen LogP) is 1.61. The Morgan fingerprint density at radius 3 is 2.80 bits per heavy atom. The van der Waals surface area contributed by atoms with Crippen molar-refractivity contribution in [2.45, 2.75) is 58.2 Å². The maximum atomic E-state index is 6.02. The molecule has 3 heteroatoms. The number of hydrogen-bond acceptors (Lipinski definition) is 3. The molecule has 3 atom stereocenters. The molecule has 0 aromatic rings. The van der Waals surface area contributed by atoms with E-state index in [2.05, 4.69) is 25.7 Å². The van der Waals surface area contributed by atoms with Gasteiger partial charge in [0.15, 0.2) is 0 Å². The van der Waals surface area contributed by atoms with Crippen LogP contribution in [0, 0.1) is 0 Å². The van der Waals surface area contributed by atoms with E-state index in [1.54, 1.807) is 0 Å². The summed E-state index contributed by atoms with van der Waals surface area (Å²) in [5.41, 5.74) is 6.02. The molecule has 0 aromatic carbocycles. The molecule has 1 rings (SSSR count). The van der Waals surface area contributed by atoms with E-state index in [4.69, 9.17) is 10.5 Å².